The first-order valence-electron chi connectivity index (χ1n) is 12.6. The SMILES string of the molecule is COc1cc2c(c(OC)c1OC)-c1c(cc3c(c1OC)OCO3)C[C@H](C)[C@@](C)(O)C2OC(=O)c1ccccc1. The number of esters is 1. The standard InChI is InChI=1S/C30H32O9/c1-16-12-18-13-21-25(38-15-37-21)26(35-5)22(18)23-19(14-20(33-3)24(34-4)27(23)36-6)28(30(16,2)32)39-29(31)17-10-8-7-9-11-17/h7-11,13-14,16,28,32H,12,15H2,1-6H3/t16-,28?,30+/m0/s1. The molecule has 0 amide bonds. The first kappa shape index (κ1) is 26.5. The number of methoxy groups -OCH3 is 4. The maximum Gasteiger partial charge on any atom is 0.338 e. The van der Waals surface area contributed by atoms with Crippen molar-refractivity contribution in [2.75, 3.05) is 35.2 Å². The summed E-state index contributed by atoms with van der Waals surface area (Å²) in [6.45, 7) is 3.63. The van der Waals surface area contributed by atoms with Crippen molar-refractivity contribution in [2.24, 2.45) is 5.92 Å². The summed E-state index contributed by atoms with van der Waals surface area (Å²) >= 11 is 0. The molecule has 0 bridgehead atoms. The molecule has 2 aliphatic rings. The van der Waals surface area contributed by atoms with Gasteiger partial charge in [-0.15, -0.1) is 0 Å². The second-order valence-electron chi connectivity index (χ2n) is 9.77. The van der Waals surface area contributed by atoms with E-state index in [1.54, 1.807) is 44.4 Å². The molecule has 1 heterocycles. The van der Waals surface area contributed by atoms with E-state index in [-0.39, 0.29) is 12.7 Å². The molecule has 0 spiro atoms. The Morgan fingerprint density at radius 2 is 1.62 bits per heavy atom. The van der Waals surface area contributed by atoms with Crippen LogP contribution in [-0.2, 0) is 11.2 Å². The summed E-state index contributed by atoms with van der Waals surface area (Å²) in [5, 5.41) is 12.1. The molecule has 1 N–H and O–H groups in total. The molecule has 3 atom stereocenters. The van der Waals surface area contributed by atoms with E-state index in [1.165, 1.54) is 21.3 Å². The van der Waals surface area contributed by atoms with Crippen molar-refractivity contribution in [3.05, 3.63) is 59.2 Å². The van der Waals surface area contributed by atoms with E-state index >= 15 is 0 Å². The zero-order valence-corrected chi connectivity index (χ0v) is 22.8. The average molecular weight is 537 g/mol. The number of carbonyl (C=O) groups excluding carboxylic acids is 1. The molecule has 0 radical (unpaired) electrons. The molecule has 5 rings (SSSR count). The normalized spacial score (nSPS) is 21.1. The molecule has 39 heavy (non-hydrogen) atoms. The van der Waals surface area contributed by atoms with Crippen LogP contribution < -0.4 is 28.4 Å². The van der Waals surface area contributed by atoms with Crippen molar-refractivity contribution in [3.63, 3.8) is 0 Å². The van der Waals surface area contributed by atoms with Gasteiger partial charge in [0, 0.05) is 16.7 Å². The molecular weight excluding hydrogens is 504 g/mol. The molecule has 3 aromatic rings. The quantitative estimate of drug-likeness (QED) is 0.438. The van der Waals surface area contributed by atoms with Crippen LogP contribution in [0.4, 0.5) is 0 Å². The van der Waals surface area contributed by atoms with Gasteiger partial charge >= 0.3 is 5.97 Å². The van der Waals surface area contributed by atoms with Crippen LogP contribution in [0, 0.1) is 5.92 Å². The fourth-order valence-electron chi connectivity index (χ4n) is 5.37. The lowest BCUT2D eigenvalue weighted by molar-refractivity contribution is -0.107. The van der Waals surface area contributed by atoms with E-state index in [4.69, 9.17) is 33.2 Å². The van der Waals surface area contributed by atoms with E-state index in [9.17, 15) is 9.90 Å². The zero-order chi connectivity index (χ0) is 27.9. The minimum atomic E-state index is -1.51. The van der Waals surface area contributed by atoms with Crippen LogP contribution in [0.3, 0.4) is 0 Å². The maximum absolute atomic E-state index is 13.4. The van der Waals surface area contributed by atoms with Crippen LogP contribution in [0.1, 0.15) is 41.4 Å². The lowest BCUT2D eigenvalue weighted by atomic mass is 9.73. The molecule has 9 heteroatoms. The minimum absolute atomic E-state index is 0.0507. The van der Waals surface area contributed by atoms with Crippen molar-refractivity contribution in [2.45, 2.75) is 32.0 Å². The van der Waals surface area contributed by atoms with Gasteiger partial charge in [0.25, 0.3) is 0 Å². The van der Waals surface area contributed by atoms with Crippen molar-refractivity contribution >= 4 is 5.97 Å². The molecule has 9 nitrogen and oxygen atoms in total. The summed E-state index contributed by atoms with van der Waals surface area (Å²) in [4.78, 5) is 13.4. The van der Waals surface area contributed by atoms with Crippen LogP contribution in [0.5, 0.6) is 34.5 Å². The Hall–Kier alpha value is -4.11. The van der Waals surface area contributed by atoms with Gasteiger partial charge < -0.3 is 38.3 Å². The van der Waals surface area contributed by atoms with Gasteiger partial charge in [0.15, 0.2) is 29.1 Å². The summed E-state index contributed by atoms with van der Waals surface area (Å²) in [6.07, 6.45) is -0.710. The van der Waals surface area contributed by atoms with Crippen molar-refractivity contribution < 1.29 is 43.1 Å². The highest BCUT2D eigenvalue weighted by Gasteiger charge is 2.47. The highest BCUT2D eigenvalue weighted by Crippen LogP contribution is 2.59. The smallest absolute Gasteiger partial charge is 0.338 e. The topological polar surface area (TPSA) is 102 Å². The van der Waals surface area contributed by atoms with E-state index < -0.39 is 17.7 Å². The second kappa shape index (κ2) is 10.2. The Bertz CT molecular complexity index is 1400. The molecule has 1 aliphatic heterocycles. The largest absolute Gasteiger partial charge is 0.493 e. The number of benzene rings is 3. The van der Waals surface area contributed by atoms with Gasteiger partial charge in [-0.1, -0.05) is 25.1 Å². The van der Waals surface area contributed by atoms with E-state index in [0.29, 0.717) is 63.2 Å². The molecular formula is C30H32O9. The van der Waals surface area contributed by atoms with Gasteiger partial charge in [-0.05, 0) is 49.1 Å². The third-order valence-electron chi connectivity index (χ3n) is 7.59. The number of carbonyl (C=O) groups is 1. The van der Waals surface area contributed by atoms with E-state index in [0.717, 1.165) is 5.56 Å². The first-order chi connectivity index (χ1) is 18.8. The minimum Gasteiger partial charge on any atom is -0.493 e. The maximum atomic E-state index is 13.4. The number of aliphatic hydroxyl groups is 1. The average Bonchev–Trinajstić information content (AvgIpc) is 3.42. The molecule has 3 aromatic carbocycles. The predicted molar refractivity (Wildman–Crippen MR) is 142 cm³/mol. The summed E-state index contributed by atoms with van der Waals surface area (Å²) in [6, 6.07) is 12.3. The van der Waals surface area contributed by atoms with Crippen molar-refractivity contribution in [1.82, 2.24) is 0 Å². The summed E-state index contributed by atoms with van der Waals surface area (Å²) in [5.41, 5.74) is 1.34. The predicted octanol–water partition coefficient (Wildman–Crippen LogP) is 4.96. The van der Waals surface area contributed by atoms with Gasteiger partial charge in [-0.25, -0.2) is 4.79 Å². The zero-order valence-electron chi connectivity index (χ0n) is 22.8. The summed E-state index contributed by atoms with van der Waals surface area (Å²) in [7, 11) is 6.08. The number of ether oxygens (including phenoxy) is 7. The molecule has 0 fully saturated rings. The monoisotopic (exact) mass is 536 g/mol. The molecule has 206 valence electrons. The van der Waals surface area contributed by atoms with Crippen LogP contribution in [0.25, 0.3) is 11.1 Å². The fraction of sp³-hybridized carbons (Fsp3) is 0.367. The summed E-state index contributed by atoms with van der Waals surface area (Å²) in [5.74, 6) is 1.51. The molecule has 0 saturated carbocycles. The lowest BCUT2D eigenvalue weighted by Crippen LogP contribution is -2.43. The van der Waals surface area contributed by atoms with Gasteiger partial charge in [-0.3, -0.25) is 0 Å². The van der Waals surface area contributed by atoms with Gasteiger partial charge in [0.2, 0.25) is 18.3 Å². The van der Waals surface area contributed by atoms with E-state index in [1.807, 2.05) is 19.1 Å². The molecule has 0 saturated heterocycles. The van der Waals surface area contributed by atoms with Crippen LogP contribution in [0.15, 0.2) is 42.5 Å². The van der Waals surface area contributed by atoms with Gasteiger partial charge in [0.05, 0.1) is 34.0 Å². The Labute approximate surface area is 227 Å². The number of fused-ring (bicyclic) bond motifs is 4. The first-order valence-corrected chi connectivity index (χ1v) is 12.6. The molecule has 0 aromatic heterocycles. The third kappa shape index (κ3) is 4.27. The molecule has 1 aliphatic carbocycles. The number of hydrogen-bond donors (Lipinski definition) is 1. The highest BCUT2D eigenvalue weighted by molar-refractivity contribution is 5.91. The second-order valence-corrected chi connectivity index (χ2v) is 9.77. The highest BCUT2D eigenvalue weighted by atomic mass is 16.7. The Balaban J connectivity index is 1.87. The van der Waals surface area contributed by atoms with Crippen molar-refractivity contribution in [3.8, 4) is 45.6 Å². The van der Waals surface area contributed by atoms with Crippen LogP contribution in [0.2, 0.25) is 0 Å². The lowest BCUT2D eigenvalue weighted by Gasteiger charge is -2.41. The Morgan fingerprint density at radius 3 is 2.26 bits per heavy atom. The number of rotatable bonds is 6. The Kier molecular flexibility index (Phi) is 6.94. The fourth-order valence-corrected chi connectivity index (χ4v) is 5.37. The van der Waals surface area contributed by atoms with Crippen LogP contribution in [-0.4, -0.2) is 51.9 Å². The third-order valence-corrected chi connectivity index (χ3v) is 7.59. The van der Waals surface area contributed by atoms with Crippen molar-refractivity contribution in [1.29, 1.82) is 0 Å². The molecule has 1 unspecified atom stereocenters. The number of hydrogen-bond acceptors (Lipinski definition) is 9. The Morgan fingerprint density at radius 1 is 0.923 bits per heavy atom. The van der Waals surface area contributed by atoms with Gasteiger partial charge in [0.1, 0.15) is 5.60 Å². The van der Waals surface area contributed by atoms with Crippen LogP contribution >= 0.6 is 0 Å². The summed E-state index contributed by atoms with van der Waals surface area (Å²) < 4.78 is 40.9. The van der Waals surface area contributed by atoms with E-state index in [2.05, 4.69) is 0 Å². The van der Waals surface area contributed by atoms with Gasteiger partial charge in [-0.2, -0.15) is 0 Å².